The molecule has 0 spiro atoms. The van der Waals surface area contributed by atoms with Gasteiger partial charge in [0.2, 0.25) is 5.95 Å². The van der Waals surface area contributed by atoms with Gasteiger partial charge in [-0.1, -0.05) is 140 Å². The summed E-state index contributed by atoms with van der Waals surface area (Å²) in [6, 6.07) is 59.6. The van der Waals surface area contributed by atoms with E-state index in [2.05, 4.69) is 168 Å². The van der Waals surface area contributed by atoms with Crippen molar-refractivity contribution in [1.29, 1.82) is 0 Å². The molecule has 0 unspecified atom stereocenters. The smallest absolute Gasteiger partial charge is 0.236 e. The predicted octanol–water partition coefficient (Wildman–Crippen LogP) is 14.6. The second-order valence-corrected chi connectivity index (χ2v) is 16.5. The SMILES string of the molecule is c1ccc(-c2nc(-n3c4ccccc4c4c5ccccc5c5c6c7ccccc7sc6c6ccccc6c5c43)nc3sc4cc5ccccc5cc4c23)cc1. The highest BCUT2D eigenvalue weighted by atomic mass is 32.1. The summed E-state index contributed by atoms with van der Waals surface area (Å²) in [6.45, 7) is 0. The van der Waals surface area contributed by atoms with E-state index in [-0.39, 0.29) is 0 Å². The first-order valence-electron chi connectivity index (χ1n) is 18.6. The molecule has 0 atom stereocenters. The maximum Gasteiger partial charge on any atom is 0.236 e. The Bertz CT molecular complexity index is 3780. The van der Waals surface area contributed by atoms with Crippen molar-refractivity contribution in [2.24, 2.45) is 0 Å². The van der Waals surface area contributed by atoms with E-state index in [1.54, 1.807) is 11.3 Å². The molecule has 3 nitrogen and oxygen atoms in total. The molecule has 0 aliphatic heterocycles. The predicted molar refractivity (Wildman–Crippen MR) is 238 cm³/mol. The molecule has 0 aliphatic carbocycles. The van der Waals surface area contributed by atoms with Crippen molar-refractivity contribution < 1.29 is 0 Å². The Hall–Kier alpha value is -6.66. The van der Waals surface area contributed by atoms with Gasteiger partial charge in [0.25, 0.3) is 0 Å². The van der Waals surface area contributed by atoms with Crippen LogP contribution in [0.2, 0.25) is 0 Å². The van der Waals surface area contributed by atoms with Crippen LogP contribution < -0.4 is 0 Å². The Balaban J connectivity index is 1.29. The number of hydrogen-bond acceptors (Lipinski definition) is 4. The summed E-state index contributed by atoms with van der Waals surface area (Å²) < 4.78 is 6.23. The molecule has 0 amide bonds. The van der Waals surface area contributed by atoms with Gasteiger partial charge in [0, 0.05) is 68.1 Å². The molecule has 55 heavy (non-hydrogen) atoms. The van der Waals surface area contributed by atoms with E-state index >= 15 is 0 Å². The third-order valence-electron chi connectivity index (χ3n) is 11.5. The van der Waals surface area contributed by atoms with Gasteiger partial charge in [-0.2, -0.15) is 0 Å². The van der Waals surface area contributed by atoms with Crippen LogP contribution in [0.5, 0.6) is 0 Å². The molecule has 0 N–H and O–H groups in total. The van der Waals surface area contributed by atoms with Crippen LogP contribution in [0, 0.1) is 0 Å². The van der Waals surface area contributed by atoms with Crippen molar-refractivity contribution >= 4 is 128 Å². The molecule has 9 aromatic carbocycles. The molecule has 4 heterocycles. The number of fused-ring (bicyclic) bond motifs is 19. The average Bonchev–Trinajstić information content (AvgIpc) is 3.92. The summed E-state index contributed by atoms with van der Waals surface area (Å²) in [6.07, 6.45) is 0. The summed E-state index contributed by atoms with van der Waals surface area (Å²) in [7, 11) is 0. The monoisotopic (exact) mass is 733 g/mol. The van der Waals surface area contributed by atoms with Crippen molar-refractivity contribution in [3.05, 3.63) is 164 Å². The van der Waals surface area contributed by atoms with E-state index < -0.39 is 0 Å². The number of benzene rings is 9. The molecule has 0 saturated carbocycles. The molecule has 0 aliphatic rings. The largest absolute Gasteiger partial charge is 0.277 e. The van der Waals surface area contributed by atoms with Crippen LogP contribution in [0.3, 0.4) is 0 Å². The van der Waals surface area contributed by atoms with Crippen molar-refractivity contribution in [1.82, 2.24) is 14.5 Å². The Morgan fingerprint density at radius 3 is 1.82 bits per heavy atom. The van der Waals surface area contributed by atoms with E-state index in [9.17, 15) is 0 Å². The molecule has 0 saturated heterocycles. The second-order valence-electron chi connectivity index (χ2n) is 14.4. The Morgan fingerprint density at radius 1 is 0.400 bits per heavy atom. The van der Waals surface area contributed by atoms with Gasteiger partial charge in [-0.25, -0.2) is 9.97 Å². The topological polar surface area (TPSA) is 30.7 Å². The Labute approximate surface area is 322 Å². The maximum atomic E-state index is 5.65. The molecule has 4 aromatic heterocycles. The third-order valence-corrected chi connectivity index (χ3v) is 13.8. The van der Waals surface area contributed by atoms with Crippen molar-refractivity contribution in [3.8, 4) is 17.2 Å². The second kappa shape index (κ2) is 11.0. The van der Waals surface area contributed by atoms with Crippen LogP contribution in [-0.4, -0.2) is 14.5 Å². The third kappa shape index (κ3) is 3.98. The van der Waals surface area contributed by atoms with Gasteiger partial charge in [0.05, 0.1) is 16.7 Å². The fraction of sp³-hybridized carbons (Fsp3) is 0. The van der Waals surface area contributed by atoms with Crippen LogP contribution in [0.15, 0.2) is 164 Å². The number of rotatable bonds is 2. The molecule has 254 valence electrons. The lowest BCUT2D eigenvalue weighted by Crippen LogP contribution is -2.03. The Morgan fingerprint density at radius 2 is 1.02 bits per heavy atom. The zero-order valence-corrected chi connectivity index (χ0v) is 30.9. The number of para-hydroxylation sites is 1. The van der Waals surface area contributed by atoms with Crippen LogP contribution in [0.4, 0.5) is 0 Å². The van der Waals surface area contributed by atoms with Gasteiger partial charge in [0.1, 0.15) is 4.83 Å². The molecule has 0 fully saturated rings. The first-order chi connectivity index (χ1) is 27.3. The van der Waals surface area contributed by atoms with E-state index in [4.69, 9.17) is 9.97 Å². The summed E-state index contributed by atoms with van der Waals surface area (Å²) in [4.78, 5) is 12.2. The Kier molecular flexibility index (Phi) is 5.93. The quantitative estimate of drug-likeness (QED) is 0.166. The number of aromatic nitrogens is 3. The lowest BCUT2D eigenvalue weighted by atomic mass is 9.90. The van der Waals surface area contributed by atoms with E-state index in [1.807, 2.05) is 11.3 Å². The highest BCUT2D eigenvalue weighted by Crippen LogP contribution is 2.51. The number of thiophene rings is 2. The van der Waals surface area contributed by atoms with Crippen LogP contribution in [-0.2, 0) is 0 Å². The van der Waals surface area contributed by atoms with Gasteiger partial charge in [-0.3, -0.25) is 4.57 Å². The number of hydrogen-bond donors (Lipinski definition) is 0. The van der Waals surface area contributed by atoms with Crippen molar-refractivity contribution in [2.75, 3.05) is 0 Å². The first kappa shape index (κ1) is 29.8. The summed E-state index contributed by atoms with van der Waals surface area (Å²) in [5, 5.41) is 17.4. The maximum absolute atomic E-state index is 5.65. The average molecular weight is 734 g/mol. The normalized spacial score (nSPS) is 12.4. The van der Waals surface area contributed by atoms with Gasteiger partial charge in [-0.15, -0.1) is 22.7 Å². The van der Waals surface area contributed by atoms with Gasteiger partial charge >= 0.3 is 0 Å². The molecule has 0 bridgehead atoms. The minimum atomic E-state index is 0.685. The van der Waals surface area contributed by atoms with E-state index in [1.165, 1.54) is 84.1 Å². The minimum absolute atomic E-state index is 0.685. The molecule has 13 aromatic rings. The fourth-order valence-corrected chi connectivity index (χ4v) is 11.6. The molecular formula is C50H27N3S2. The summed E-state index contributed by atoms with van der Waals surface area (Å²) >= 11 is 3.66. The van der Waals surface area contributed by atoms with Gasteiger partial charge in [-0.05, 0) is 51.2 Å². The lowest BCUT2D eigenvalue weighted by molar-refractivity contribution is 1.02. The standard InChI is InChI=1S/C50H27N3S2/c1-2-14-28(15-3-1)46-45-37-26-29-16-4-5-17-30(29)27-40(37)55-49(45)52-50(51-46)53-38-24-12-10-22-35(38)41-31-18-6-7-19-32(31)42-43(47(41)53)33-20-8-9-21-34(33)48-44(42)36-23-11-13-25-39(36)54-48/h1-27H. The van der Waals surface area contributed by atoms with Crippen molar-refractivity contribution in [3.63, 3.8) is 0 Å². The van der Waals surface area contributed by atoms with Gasteiger partial charge in [0.15, 0.2) is 0 Å². The van der Waals surface area contributed by atoms with Crippen LogP contribution in [0.25, 0.3) is 123 Å². The molecule has 0 radical (unpaired) electrons. The van der Waals surface area contributed by atoms with E-state index in [0.717, 1.165) is 32.5 Å². The lowest BCUT2D eigenvalue weighted by Gasteiger charge is -2.16. The minimum Gasteiger partial charge on any atom is -0.277 e. The molecule has 13 rings (SSSR count). The van der Waals surface area contributed by atoms with Crippen molar-refractivity contribution in [2.45, 2.75) is 0 Å². The zero-order valence-electron chi connectivity index (χ0n) is 29.2. The first-order valence-corrected chi connectivity index (χ1v) is 20.2. The highest BCUT2D eigenvalue weighted by Gasteiger charge is 2.26. The van der Waals surface area contributed by atoms with E-state index in [0.29, 0.717) is 5.95 Å². The fourth-order valence-electron chi connectivity index (χ4n) is 9.29. The van der Waals surface area contributed by atoms with Crippen LogP contribution in [0.1, 0.15) is 0 Å². The highest BCUT2D eigenvalue weighted by molar-refractivity contribution is 7.27. The van der Waals surface area contributed by atoms with Crippen LogP contribution >= 0.6 is 22.7 Å². The number of nitrogens with zero attached hydrogens (tertiary/aromatic N) is 3. The summed E-state index contributed by atoms with van der Waals surface area (Å²) in [5.41, 5.74) is 4.28. The summed E-state index contributed by atoms with van der Waals surface area (Å²) in [5.74, 6) is 0.685. The zero-order chi connectivity index (χ0) is 35.8. The molecule has 5 heteroatoms. The molecular weight excluding hydrogens is 707 g/mol. The van der Waals surface area contributed by atoms with Gasteiger partial charge < -0.3 is 0 Å².